The summed E-state index contributed by atoms with van der Waals surface area (Å²) in [5, 5.41) is 0. The van der Waals surface area contributed by atoms with Crippen molar-refractivity contribution in [2.45, 2.75) is 46.3 Å². The Morgan fingerprint density at radius 1 is 1.09 bits per heavy atom. The van der Waals surface area contributed by atoms with E-state index in [1.165, 1.54) is 4.90 Å². The molecule has 0 radical (unpaired) electrons. The lowest BCUT2D eigenvalue weighted by Crippen LogP contribution is -2.53. The Labute approximate surface area is 183 Å². The number of aryl methyl sites for hydroxylation is 2. The van der Waals surface area contributed by atoms with Crippen LogP contribution < -0.4 is 9.80 Å². The topological polar surface area (TPSA) is 49.9 Å². The van der Waals surface area contributed by atoms with Gasteiger partial charge in [-0.3, -0.25) is 9.69 Å². The van der Waals surface area contributed by atoms with Gasteiger partial charge >= 0.3 is 12.3 Å². The van der Waals surface area contributed by atoms with Crippen molar-refractivity contribution in [1.29, 1.82) is 0 Å². The first-order valence-electron chi connectivity index (χ1n) is 10.3. The molecule has 0 saturated heterocycles. The van der Waals surface area contributed by atoms with Crippen LogP contribution in [0.25, 0.3) is 0 Å². The Bertz CT molecular complexity index is 1050. The number of halogens is 4. The molecule has 0 N–H and O–H groups in total. The van der Waals surface area contributed by atoms with E-state index in [0.717, 1.165) is 28.2 Å². The Kier molecular flexibility index (Phi) is 6.48. The first-order chi connectivity index (χ1) is 15.0. The van der Waals surface area contributed by atoms with Crippen LogP contribution in [0.3, 0.4) is 0 Å². The lowest BCUT2D eigenvalue weighted by molar-refractivity contribution is -0.138. The summed E-state index contributed by atoms with van der Waals surface area (Å²) in [6.07, 6.45) is -5.12. The van der Waals surface area contributed by atoms with E-state index < -0.39 is 41.2 Å². The number of rotatable bonds is 3. The monoisotopic (exact) mass is 452 g/mol. The molecule has 0 aliphatic carbocycles. The fourth-order valence-corrected chi connectivity index (χ4v) is 3.84. The van der Waals surface area contributed by atoms with E-state index >= 15 is 0 Å². The zero-order chi connectivity index (χ0) is 23.8. The zero-order valence-electron chi connectivity index (χ0n) is 18.2. The smallest absolute Gasteiger partial charge is 0.417 e. The average Bonchev–Trinajstić information content (AvgIpc) is 2.72. The summed E-state index contributed by atoms with van der Waals surface area (Å²) in [5.74, 6) is -2.36. The second-order valence-corrected chi connectivity index (χ2v) is 7.63. The summed E-state index contributed by atoms with van der Waals surface area (Å²) in [4.78, 5) is 28.6. The number of alkyl halides is 3. The van der Waals surface area contributed by atoms with Crippen molar-refractivity contribution >= 4 is 23.4 Å². The van der Waals surface area contributed by atoms with Gasteiger partial charge in [-0.25, -0.2) is 9.18 Å². The molecule has 2 aromatic carbocycles. The minimum atomic E-state index is -4.91. The van der Waals surface area contributed by atoms with E-state index in [-0.39, 0.29) is 18.8 Å². The molecule has 1 unspecified atom stereocenters. The maximum atomic E-state index is 14.6. The quantitative estimate of drug-likeness (QED) is 0.548. The van der Waals surface area contributed by atoms with Crippen molar-refractivity contribution in [3.8, 4) is 0 Å². The van der Waals surface area contributed by atoms with Crippen LogP contribution in [0, 0.1) is 19.7 Å². The molecular formula is C23H24F4N2O3. The minimum Gasteiger partial charge on any atom is -0.449 e. The molecule has 9 heteroatoms. The molecule has 2 amide bonds. The molecule has 172 valence electrons. The molecule has 5 nitrogen and oxygen atoms in total. The van der Waals surface area contributed by atoms with Crippen LogP contribution in [-0.4, -0.2) is 31.2 Å². The van der Waals surface area contributed by atoms with Crippen LogP contribution in [0.15, 0.2) is 30.3 Å². The van der Waals surface area contributed by atoms with Gasteiger partial charge in [0.05, 0.1) is 35.2 Å². The van der Waals surface area contributed by atoms with Crippen molar-refractivity contribution < 1.29 is 31.9 Å². The van der Waals surface area contributed by atoms with Gasteiger partial charge in [0.25, 0.3) is 5.91 Å². The molecule has 0 saturated carbocycles. The SMILES string of the molecule is CCOC(=O)N1c2cc(C)c(C)cc2N(C(=O)c2c(F)cccc2C(F)(F)F)CC1CC. The van der Waals surface area contributed by atoms with Gasteiger partial charge in [0.1, 0.15) is 5.82 Å². The lowest BCUT2D eigenvalue weighted by Gasteiger charge is -2.42. The highest BCUT2D eigenvalue weighted by atomic mass is 19.4. The summed E-state index contributed by atoms with van der Waals surface area (Å²) < 4.78 is 60.4. The van der Waals surface area contributed by atoms with E-state index in [0.29, 0.717) is 18.2 Å². The molecule has 1 aliphatic rings. The van der Waals surface area contributed by atoms with E-state index in [1.807, 2.05) is 6.92 Å². The van der Waals surface area contributed by atoms with Crippen molar-refractivity contribution in [1.82, 2.24) is 0 Å². The predicted octanol–water partition coefficient (Wildman–Crippen LogP) is 5.86. The normalized spacial score (nSPS) is 16.1. The van der Waals surface area contributed by atoms with Gasteiger partial charge < -0.3 is 9.64 Å². The molecule has 1 aliphatic heterocycles. The number of carbonyl (C=O) groups excluding carboxylic acids is 2. The number of hydrogen-bond acceptors (Lipinski definition) is 3. The van der Waals surface area contributed by atoms with Crippen LogP contribution >= 0.6 is 0 Å². The highest BCUT2D eigenvalue weighted by Gasteiger charge is 2.42. The molecule has 0 aromatic heterocycles. The molecular weight excluding hydrogens is 428 g/mol. The number of benzene rings is 2. The summed E-state index contributed by atoms with van der Waals surface area (Å²) in [7, 11) is 0. The second-order valence-electron chi connectivity index (χ2n) is 7.63. The molecule has 2 aromatic rings. The number of fused-ring (bicyclic) bond motifs is 1. The molecule has 1 heterocycles. The highest BCUT2D eigenvalue weighted by molar-refractivity contribution is 6.11. The maximum absolute atomic E-state index is 14.6. The molecule has 0 fully saturated rings. The second kappa shape index (κ2) is 8.80. The number of hydrogen-bond donors (Lipinski definition) is 0. The summed E-state index contributed by atoms with van der Waals surface area (Å²) in [6, 6.07) is 5.18. The Morgan fingerprint density at radius 3 is 2.28 bits per heavy atom. The third-order valence-electron chi connectivity index (χ3n) is 5.61. The predicted molar refractivity (Wildman–Crippen MR) is 113 cm³/mol. The number of ether oxygens (including phenoxy) is 1. The number of amides is 2. The van der Waals surface area contributed by atoms with Gasteiger partial charge in [-0.2, -0.15) is 13.2 Å². The van der Waals surface area contributed by atoms with Crippen LogP contribution in [0.5, 0.6) is 0 Å². The fourth-order valence-electron chi connectivity index (χ4n) is 3.84. The minimum absolute atomic E-state index is 0.102. The third-order valence-corrected chi connectivity index (χ3v) is 5.61. The van der Waals surface area contributed by atoms with Crippen LogP contribution in [-0.2, 0) is 10.9 Å². The van der Waals surface area contributed by atoms with Gasteiger partial charge in [0.15, 0.2) is 0 Å². The third kappa shape index (κ3) is 4.16. The van der Waals surface area contributed by atoms with Gasteiger partial charge in [-0.05, 0) is 62.6 Å². The molecule has 3 rings (SSSR count). The van der Waals surface area contributed by atoms with Crippen molar-refractivity contribution in [3.05, 3.63) is 58.4 Å². The molecule has 1 atom stereocenters. The maximum Gasteiger partial charge on any atom is 0.417 e. The van der Waals surface area contributed by atoms with Gasteiger partial charge in [-0.1, -0.05) is 13.0 Å². The fraction of sp³-hybridized carbons (Fsp3) is 0.391. The largest absolute Gasteiger partial charge is 0.449 e. The van der Waals surface area contributed by atoms with Crippen LogP contribution in [0.4, 0.5) is 33.7 Å². The van der Waals surface area contributed by atoms with Crippen molar-refractivity contribution in [2.75, 3.05) is 23.0 Å². The van der Waals surface area contributed by atoms with Crippen molar-refractivity contribution in [3.63, 3.8) is 0 Å². The Hall–Kier alpha value is -3.10. The Morgan fingerprint density at radius 2 is 1.72 bits per heavy atom. The molecule has 0 spiro atoms. The Balaban J connectivity index is 2.21. The van der Waals surface area contributed by atoms with Gasteiger partial charge in [-0.15, -0.1) is 0 Å². The van der Waals surface area contributed by atoms with Crippen LogP contribution in [0.2, 0.25) is 0 Å². The van der Waals surface area contributed by atoms with E-state index in [4.69, 9.17) is 4.74 Å². The van der Waals surface area contributed by atoms with E-state index in [1.54, 1.807) is 32.9 Å². The number of anilines is 2. The first-order valence-corrected chi connectivity index (χ1v) is 10.3. The summed E-state index contributed by atoms with van der Waals surface area (Å²) in [5.41, 5.74) is -0.221. The van der Waals surface area contributed by atoms with E-state index in [9.17, 15) is 27.2 Å². The molecule has 0 bridgehead atoms. The average molecular weight is 452 g/mol. The van der Waals surface area contributed by atoms with E-state index in [2.05, 4.69) is 0 Å². The number of nitrogens with zero attached hydrogens (tertiary/aromatic N) is 2. The zero-order valence-corrected chi connectivity index (χ0v) is 18.2. The highest BCUT2D eigenvalue weighted by Crippen LogP contribution is 2.41. The van der Waals surface area contributed by atoms with Gasteiger partial charge in [0, 0.05) is 6.54 Å². The molecule has 32 heavy (non-hydrogen) atoms. The summed E-state index contributed by atoms with van der Waals surface area (Å²) in [6.45, 7) is 7.09. The summed E-state index contributed by atoms with van der Waals surface area (Å²) >= 11 is 0. The number of carbonyl (C=O) groups is 2. The van der Waals surface area contributed by atoms with Crippen molar-refractivity contribution in [2.24, 2.45) is 0 Å². The van der Waals surface area contributed by atoms with Crippen LogP contribution in [0.1, 0.15) is 47.3 Å². The lowest BCUT2D eigenvalue weighted by atomic mass is 9.98. The first kappa shape index (κ1) is 23.6. The van der Waals surface area contributed by atoms with Gasteiger partial charge in [0.2, 0.25) is 0 Å². The standard InChI is InChI=1S/C23H24F4N2O3/c1-5-15-12-28(21(30)20-16(23(25,26)27)8-7-9-17(20)24)18-10-13(3)14(4)11-19(18)29(15)22(31)32-6-2/h7-11,15H,5-6,12H2,1-4H3.